The molecule has 0 aromatic heterocycles. The topological polar surface area (TPSA) is 64.4 Å². The lowest BCUT2D eigenvalue weighted by atomic mass is 10.2. The lowest BCUT2D eigenvalue weighted by Crippen LogP contribution is -2.17. The molecule has 3 N–H and O–H groups in total. The Hall–Kier alpha value is -1.72. The summed E-state index contributed by atoms with van der Waals surface area (Å²) >= 11 is 9.23. The Bertz CT molecular complexity index is 662. The molecule has 0 aliphatic heterocycles. The van der Waals surface area contributed by atoms with Crippen molar-refractivity contribution in [2.24, 2.45) is 0 Å². The largest absolute Gasteiger partial charge is 0.454 e. The van der Waals surface area contributed by atoms with E-state index >= 15 is 0 Å². The summed E-state index contributed by atoms with van der Waals surface area (Å²) in [5, 5.41) is 3.14. The molecule has 0 heterocycles. The van der Waals surface area contributed by atoms with Gasteiger partial charge in [0.25, 0.3) is 5.91 Å². The predicted molar refractivity (Wildman–Crippen MR) is 83.5 cm³/mol. The maximum atomic E-state index is 11.6. The van der Waals surface area contributed by atoms with E-state index in [1.165, 1.54) is 0 Å². The summed E-state index contributed by atoms with van der Waals surface area (Å²) < 4.78 is 6.42. The van der Waals surface area contributed by atoms with Crippen LogP contribution in [0.2, 0.25) is 5.02 Å². The molecule has 4 nitrogen and oxygen atoms in total. The molecule has 0 aliphatic rings. The van der Waals surface area contributed by atoms with Crippen LogP contribution < -0.4 is 15.8 Å². The fraction of sp³-hybridized carbons (Fsp3) is 0.0714. The fourth-order valence-electron chi connectivity index (χ4n) is 1.58. The standard InChI is InChI=1S/C14H12BrClN2O2/c1-18-14(19)8-2-4-11(17)13(6-8)20-12-5-3-9(16)7-10(12)15/h2-7H,17H2,1H3,(H,18,19). The van der Waals surface area contributed by atoms with Gasteiger partial charge in [-0.3, -0.25) is 4.79 Å². The molecule has 0 radical (unpaired) electrons. The van der Waals surface area contributed by atoms with E-state index in [9.17, 15) is 4.79 Å². The number of anilines is 1. The summed E-state index contributed by atoms with van der Waals surface area (Å²) in [6, 6.07) is 10.0. The van der Waals surface area contributed by atoms with Gasteiger partial charge in [0.2, 0.25) is 0 Å². The third-order valence-electron chi connectivity index (χ3n) is 2.62. The summed E-state index contributed by atoms with van der Waals surface area (Å²) in [7, 11) is 1.56. The number of ether oxygens (including phenoxy) is 1. The smallest absolute Gasteiger partial charge is 0.251 e. The average molecular weight is 356 g/mol. The molecular weight excluding hydrogens is 344 g/mol. The highest BCUT2D eigenvalue weighted by atomic mass is 79.9. The Morgan fingerprint density at radius 2 is 2.00 bits per heavy atom. The number of nitrogen functional groups attached to an aromatic ring is 1. The van der Waals surface area contributed by atoms with Crippen molar-refractivity contribution in [2.45, 2.75) is 0 Å². The van der Waals surface area contributed by atoms with Gasteiger partial charge in [-0.25, -0.2) is 0 Å². The van der Waals surface area contributed by atoms with Gasteiger partial charge in [0.1, 0.15) is 5.75 Å². The van der Waals surface area contributed by atoms with Crippen LogP contribution in [0.5, 0.6) is 11.5 Å². The second-order valence-corrected chi connectivity index (χ2v) is 5.30. The second kappa shape index (κ2) is 6.15. The molecule has 0 unspecified atom stereocenters. The maximum absolute atomic E-state index is 11.6. The minimum absolute atomic E-state index is 0.204. The van der Waals surface area contributed by atoms with E-state index < -0.39 is 0 Å². The van der Waals surface area contributed by atoms with Crippen molar-refractivity contribution in [3.05, 3.63) is 51.5 Å². The predicted octanol–water partition coefficient (Wildman–Crippen LogP) is 3.84. The summed E-state index contributed by atoms with van der Waals surface area (Å²) in [6.07, 6.45) is 0. The molecule has 0 spiro atoms. The van der Waals surface area contributed by atoms with Crippen LogP contribution in [-0.4, -0.2) is 13.0 Å². The Morgan fingerprint density at radius 1 is 1.25 bits per heavy atom. The summed E-state index contributed by atoms with van der Waals surface area (Å²) in [5.74, 6) is 0.773. The normalized spacial score (nSPS) is 10.2. The number of hydrogen-bond acceptors (Lipinski definition) is 3. The van der Waals surface area contributed by atoms with E-state index in [1.807, 2.05) is 0 Å². The highest BCUT2D eigenvalue weighted by molar-refractivity contribution is 9.10. The van der Waals surface area contributed by atoms with Gasteiger partial charge < -0.3 is 15.8 Å². The number of nitrogens with two attached hydrogens (primary N) is 1. The monoisotopic (exact) mass is 354 g/mol. The molecule has 1 amide bonds. The fourth-order valence-corrected chi connectivity index (χ4v) is 2.35. The lowest BCUT2D eigenvalue weighted by Gasteiger charge is -2.11. The number of carbonyl (C=O) groups excluding carboxylic acids is 1. The molecule has 6 heteroatoms. The SMILES string of the molecule is CNC(=O)c1ccc(N)c(Oc2ccc(Cl)cc2Br)c1. The zero-order valence-corrected chi connectivity index (χ0v) is 13.0. The van der Waals surface area contributed by atoms with Crippen molar-refractivity contribution in [1.82, 2.24) is 5.32 Å². The van der Waals surface area contributed by atoms with Crippen LogP contribution in [-0.2, 0) is 0 Å². The van der Waals surface area contributed by atoms with E-state index in [1.54, 1.807) is 43.4 Å². The first kappa shape index (κ1) is 14.7. The summed E-state index contributed by atoms with van der Waals surface area (Å²) in [4.78, 5) is 11.6. The van der Waals surface area contributed by atoms with Crippen LogP contribution in [0.15, 0.2) is 40.9 Å². The summed E-state index contributed by atoms with van der Waals surface area (Å²) in [6.45, 7) is 0. The molecule has 2 aromatic rings. The van der Waals surface area contributed by atoms with E-state index in [0.29, 0.717) is 32.2 Å². The lowest BCUT2D eigenvalue weighted by molar-refractivity contribution is 0.0963. The molecule has 2 aromatic carbocycles. The molecule has 104 valence electrons. The molecule has 0 saturated carbocycles. The first-order valence-corrected chi connectivity index (χ1v) is 6.93. The molecule has 0 bridgehead atoms. The Morgan fingerprint density at radius 3 is 2.65 bits per heavy atom. The Balaban J connectivity index is 2.35. The second-order valence-electron chi connectivity index (χ2n) is 4.01. The number of carbonyl (C=O) groups is 1. The maximum Gasteiger partial charge on any atom is 0.251 e. The van der Waals surface area contributed by atoms with Gasteiger partial charge >= 0.3 is 0 Å². The Labute approximate surface area is 130 Å². The third-order valence-corrected chi connectivity index (χ3v) is 3.47. The van der Waals surface area contributed by atoms with Crippen molar-refractivity contribution >= 4 is 39.1 Å². The number of benzene rings is 2. The molecule has 20 heavy (non-hydrogen) atoms. The number of rotatable bonds is 3. The highest BCUT2D eigenvalue weighted by Crippen LogP contribution is 2.34. The van der Waals surface area contributed by atoms with Crippen molar-refractivity contribution in [3.63, 3.8) is 0 Å². The Kier molecular flexibility index (Phi) is 4.52. The van der Waals surface area contributed by atoms with Crippen LogP contribution >= 0.6 is 27.5 Å². The van der Waals surface area contributed by atoms with Gasteiger partial charge in [-0.1, -0.05) is 11.6 Å². The highest BCUT2D eigenvalue weighted by Gasteiger charge is 2.10. The summed E-state index contributed by atoms with van der Waals surface area (Å²) in [5.41, 5.74) is 6.78. The van der Waals surface area contributed by atoms with Crippen molar-refractivity contribution in [1.29, 1.82) is 0 Å². The van der Waals surface area contributed by atoms with Gasteiger partial charge in [-0.15, -0.1) is 0 Å². The van der Waals surface area contributed by atoms with Crippen molar-refractivity contribution in [2.75, 3.05) is 12.8 Å². The van der Waals surface area contributed by atoms with Crippen LogP contribution in [0.4, 0.5) is 5.69 Å². The van der Waals surface area contributed by atoms with Gasteiger partial charge in [-0.2, -0.15) is 0 Å². The number of amides is 1. The minimum Gasteiger partial charge on any atom is -0.454 e. The van der Waals surface area contributed by atoms with E-state index in [-0.39, 0.29) is 5.91 Å². The number of nitrogens with one attached hydrogen (secondary N) is 1. The van der Waals surface area contributed by atoms with E-state index in [0.717, 1.165) is 0 Å². The van der Waals surface area contributed by atoms with Crippen LogP contribution in [0.3, 0.4) is 0 Å². The molecule has 0 atom stereocenters. The van der Waals surface area contributed by atoms with Crippen LogP contribution in [0, 0.1) is 0 Å². The quantitative estimate of drug-likeness (QED) is 0.822. The number of halogens is 2. The van der Waals surface area contributed by atoms with E-state index in [4.69, 9.17) is 22.1 Å². The molecular formula is C14H12BrClN2O2. The molecule has 2 rings (SSSR count). The van der Waals surface area contributed by atoms with Crippen molar-refractivity contribution in [3.8, 4) is 11.5 Å². The number of hydrogen-bond donors (Lipinski definition) is 2. The van der Waals surface area contributed by atoms with Gasteiger partial charge in [0.15, 0.2) is 5.75 Å². The molecule has 0 aliphatic carbocycles. The minimum atomic E-state index is -0.204. The van der Waals surface area contributed by atoms with Gasteiger partial charge in [0, 0.05) is 17.6 Å². The molecule has 0 saturated heterocycles. The van der Waals surface area contributed by atoms with Gasteiger partial charge in [-0.05, 0) is 52.3 Å². The third kappa shape index (κ3) is 3.23. The zero-order valence-electron chi connectivity index (χ0n) is 10.6. The van der Waals surface area contributed by atoms with Crippen molar-refractivity contribution < 1.29 is 9.53 Å². The van der Waals surface area contributed by atoms with Gasteiger partial charge in [0.05, 0.1) is 10.2 Å². The first-order valence-electron chi connectivity index (χ1n) is 5.76. The average Bonchev–Trinajstić information content (AvgIpc) is 2.43. The van der Waals surface area contributed by atoms with Crippen LogP contribution in [0.1, 0.15) is 10.4 Å². The first-order chi connectivity index (χ1) is 9.51. The zero-order chi connectivity index (χ0) is 14.7. The van der Waals surface area contributed by atoms with E-state index in [2.05, 4.69) is 21.2 Å². The van der Waals surface area contributed by atoms with Crippen LogP contribution in [0.25, 0.3) is 0 Å². The molecule has 0 fully saturated rings.